The van der Waals surface area contributed by atoms with Gasteiger partial charge in [0.15, 0.2) is 0 Å². The monoisotopic (exact) mass is 534 g/mol. The lowest BCUT2D eigenvalue weighted by atomic mass is 10.3. The molecule has 0 heterocycles. The maximum absolute atomic E-state index is 12.5. The fourth-order valence-electron chi connectivity index (χ4n) is 2.37. The second-order valence-electron chi connectivity index (χ2n) is 5.85. The van der Waals surface area contributed by atoms with Gasteiger partial charge in [0.1, 0.15) is 0 Å². The van der Waals surface area contributed by atoms with Crippen molar-refractivity contribution in [2.75, 3.05) is 9.44 Å². The molecule has 3 rings (SSSR count). The first kappa shape index (κ1) is 21.9. The quantitative estimate of drug-likeness (QED) is 0.444. The molecular formula is C18H13BrCl2N2O4S2. The average molecular weight is 536 g/mol. The smallest absolute Gasteiger partial charge is 0.261 e. The summed E-state index contributed by atoms with van der Waals surface area (Å²) in [5.41, 5.74) is 0.574. The number of rotatable bonds is 6. The lowest BCUT2D eigenvalue weighted by Gasteiger charge is -2.11. The van der Waals surface area contributed by atoms with Gasteiger partial charge >= 0.3 is 0 Å². The third kappa shape index (κ3) is 5.64. The molecule has 0 bridgehead atoms. The van der Waals surface area contributed by atoms with Gasteiger partial charge in [-0.3, -0.25) is 9.44 Å². The summed E-state index contributed by atoms with van der Waals surface area (Å²) in [5, 5.41) is 0.357. The number of hydrogen-bond acceptors (Lipinski definition) is 4. The Labute approximate surface area is 187 Å². The fraction of sp³-hybridized carbons (Fsp3) is 0. The highest BCUT2D eigenvalue weighted by Crippen LogP contribution is 2.25. The van der Waals surface area contributed by atoms with E-state index in [9.17, 15) is 16.8 Å². The van der Waals surface area contributed by atoms with Crippen LogP contribution >= 0.6 is 39.1 Å². The van der Waals surface area contributed by atoms with Crippen LogP contribution in [0.1, 0.15) is 0 Å². The number of hydrogen-bond donors (Lipinski definition) is 2. The number of sulfonamides is 2. The van der Waals surface area contributed by atoms with E-state index in [4.69, 9.17) is 23.2 Å². The zero-order valence-electron chi connectivity index (χ0n) is 14.4. The second kappa shape index (κ2) is 8.53. The van der Waals surface area contributed by atoms with E-state index in [-0.39, 0.29) is 25.5 Å². The predicted molar refractivity (Wildman–Crippen MR) is 119 cm³/mol. The Hall–Kier alpha value is -1.78. The predicted octanol–water partition coefficient (Wildman–Crippen LogP) is 5.36. The summed E-state index contributed by atoms with van der Waals surface area (Å²) >= 11 is 15.0. The first-order valence-corrected chi connectivity index (χ1v) is 12.4. The Balaban J connectivity index is 1.80. The molecule has 0 aromatic heterocycles. The van der Waals surface area contributed by atoms with Crippen molar-refractivity contribution < 1.29 is 16.8 Å². The molecule has 0 fully saturated rings. The molecule has 0 spiro atoms. The van der Waals surface area contributed by atoms with Crippen molar-refractivity contribution in [3.05, 3.63) is 81.2 Å². The van der Waals surface area contributed by atoms with Crippen molar-refractivity contribution >= 4 is 70.6 Å². The standard InChI is InChI=1S/C18H13BrCl2N2O4S2/c19-12-2-1-3-16(8-12)23-28(24,25)17-6-4-15(5-7-17)22-29(26,27)18-10-13(20)9-14(21)11-18/h1-11,22-23H. The fourth-order valence-corrected chi connectivity index (χ4v) is 5.60. The van der Waals surface area contributed by atoms with E-state index >= 15 is 0 Å². The highest BCUT2D eigenvalue weighted by Gasteiger charge is 2.18. The van der Waals surface area contributed by atoms with Crippen LogP contribution in [0, 0.1) is 0 Å². The average Bonchev–Trinajstić information content (AvgIpc) is 2.60. The van der Waals surface area contributed by atoms with Gasteiger partial charge < -0.3 is 0 Å². The Morgan fingerprint density at radius 3 is 1.79 bits per heavy atom. The molecule has 0 aliphatic heterocycles. The SMILES string of the molecule is O=S(=O)(Nc1cccc(Br)c1)c1ccc(NS(=O)(=O)c2cc(Cl)cc(Cl)c2)cc1. The minimum atomic E-state index is -3.95. The molecule has 3 aromatic rings. The molecule has 0 radical (unpaired) electrons. The van der Waals surface area contributed by atoms with Crippen LogP contribution in [0.5, 0.6) is 0 Å². The van der Waals surface area contributed by atoms with Crippen molar-refractivity contribution in [3.8, 4) is 0 Å². The topological polar surface area (TPSA) is 92.3 Å². The first-order valence-electron chi connectivity index (χ1n) is 7.92. The number of anilines is 2. The summed E-state index contributed by atoms with van der Waals surface area (Å²) in [6.45, 7) is 0. The zero-order chi connectivity index (χ0) is 21.2. The summed E-state index contributed by atoms with van der Waals surface area (Å²) in [5.74, 6) is 0. The Kier molecular flexibility index (Phi) is 6.45. The second-order valence-corrected chi connectivity index (χ2v) is 11.0. The lowest BCUT2D eigenvalue weighted by molar-refractivity contribution is 0.600. The van der Waals surface area contributed by atoms with Crippen LogP contribution in [-0.2, 0) is 20.0 Å². The van der Waals surface area contributed by atoms with Crippen LogP contribution in [0.15, 0.2) is 81.0 Å². The van der Waals surface area contributed by atoms with Crippen molar-refractivity contribution in [2.45, 2.75) is 9.79 Å². The molecule has 0 saturated carbocycles. The third-order valence-electron chi connectivity index (χ3n) is 3.64. The van der Waals surface area contributed by atoms with Crippen LogP contribution in [0.25, 0.3) is 0 Å². The zero-order valence-corrected chi connectivity index (χ0v) is 19.2. The van der Waals surface area contributed by atoms with Crippen molar-refractivity contribution in [1.29, 1.82) is 0 Å². The van der Waals surface area contributed by atoms with Crippen LogP contribution < -0.4 is 9.44 Å². The number of benzene rings is 3. The summed E-state index contributed by atoms with van der Waals surface area (Å²) in [6.07, 6.45) is 0. The number of nitrogens with one attached hydrogen (secondary N) is 2. The first-order chi connectivity index (χ1) is 13.5. The largest absolute Gasteiger partial charge is 0.280 e. The van der Waals surface area contributed by atoms with Gasteiger partial charge in [-0.25, -0.2) is 16.8 Å². The van der Waals surface area contributed by atoms with E-state index in [2.05, 4.69) is 25.4 Å². The molecule has 3 aromatic carbocycles. The molecular weight excluding hydrogens is 523 g/mol. The van der Waals surface area contributed by atoms with Crippen LogP contribution in [0.2, 0.25) is 10.0 Å². The van der Waals surface area contributed by atoms with Crippen molar-refractivity contribution in [1.82, 2.24) is 0 Å². The minimum Gasteiger partial charge on any atom is -0.280 e. The highest BCUT2D eigenvalue weighted by molar-refractivity contribution is 9.10. The van der Waals surface area contributed by atoms with E-state index < -0.39 is 20.0 Å². The molecule has 0 unspecified atom stereocenters. The summed E-state index contributed by atoms with van der Waals surface area (Å²) in [6, 6.07) is 15.9. The van der Waals surface area contributed by atoms with Gasteiger partial charge in [0.2, 0.25) is 0 Å². The van der Waals surface area contributed by atoms with Crippen LogP contribution in [0.3, 0.4) is 0 Å². The van der Waals surface area contributed by atoms with Crippen molar-refractivity contribution in [2.24, 2.45) is 0 Å². The van der Waals surface area contributed by atoms with Gasteiger partial charge in [0.05, 0.1) is 9.79 Å². The summed E-state index contributed by atoms with van der Waals surface area (Å²) < 4.78 is 55.6. The van der Waals surface area contributed by atoms with Crippen LogP contribution in [-0.4, -0.2) is 16.8 Å². The van der Waals surface area contributed by atoms with Gasteiger partial charge in [0, 0.05) is 25.9 Å². The molecule has 6 nitrogen and oxygen atoms in total. The van der Waals surface area contributed by atoms with Gasteiger partial charge in [-0.15, -0.1) is 0 Å². The molecule has 0 aliphatic rings. The molecule has 0 aliphatic carbocycles. The van der Waals surface area contributed by atoms with Gasteiger partial charge in [-0.1, -0.05) is 45.2 Å². The van der Waals surface area contributed by atoms with E-state index in [1.165, 1.54) is 42.5 Å². The van der Waals surface area contributed by atoms with Gasteiger partial charge in [-0.2, -0.15) is 0 Å². The van der Waals surface area contributed by atoms with E-state index in [1.807, 2.05) is 0 Å². The summed E-state index contributed by atoms with van der Waals surface area (Å²) in [4.78, 5) is -0.130. The van der Waals surface area contributed by atoms with Crippen molar-refractivity contribution in [3.63, 3.8) is 0 Å². The Bertz CT molecular complexity index is 1250. The molecule has 2 N–H and O–H groups in total. The summed E-state index contributed by atoms with van der Waals surface area (Å²) in [7, 11) is -7.79. The van der Waals surface area contributed by atoms with Gasteiger partial charge in [-0.05, 0) is 60.7 Å². The molecule has 0 saturated heterocycles. The van der Waals surface area contributed by atoms with E-state index in [0.717, 1.165) is 4.47 Å². The normalized spacial score (nSPS) is 11.8. The maximum Gasteiger partial charge on any atom is 0.261 e. The Morgan fingerprint density at radius 1 is 0.655 bits per heavy atom. The lowest BCUT2D eigenvalue weighted by Crippen LogP contribution is -2.14. The highest BCUT2D eigenvalue weighted by atomic mass is 79.9. The molecule has 152 valence electrons. The van der Waals surface area contributed by atoms with Gasteiger partial charge in [0.25, 0.3) is 20.0 Å². The van der Waals surface area contributed by atoms with E-state index in [0.29, 0.717) is 5.69 Å². The molecule has 0 atom stereocenters. The molecule has 11 heteroatoms. The Morgan fingerprint density at radius 2 is 1.21 bits per heavy atom. The number of halogens is 3. The van der Waals surface area contributed by atoms with E-state index in [1.54, 1.807) is 24.3 Å². The third-order valence-corrected chi connectivity index (χ3v) is 7.33. The molecule has 29 heavy (non-hydrogen) atoms. The minimum absolute atomic E-state index is 0.0220. The maximum atomic E-state index is 12.5. The van der Waals surface area contributed by atoms with Crippen LogP contribution in [0.4, 0.5) is 11.4 Å². The molecule has 0 amide bonds.